The van der Waals surface area contributed by atoms with Gasteiger partial charge < -0.3 is 15.0 Å². The van der Waals surface area contributed by atoms with Crippen molar-refractivity contribution in [1.82, 2.24) is 19.7 Å². The molecule has 0 radical (unpaired) electrons. The van der Waals surface area contributed by atoms with E-state index in [0.717, 1.165) is 11.9 Å². The van der Waals surface area contributed by atoms with Gasteiger partial charge in [0.25, 0.3) is 5.69 Å². The van der Waals surface area contributed by atoms with Crippen molar-refractivity contribution in [3.63, 3.8) is 0 Å². The fraction of sp³-hybridized carbons (Fsp3) is 0.294. The lowest BCUT2D eigenvalue weighted by atomic mass is 10.2. The Morgan fingerprint density at radius 2 is 2.15 bits per heavy atom. The van der Waals surface area contributed by atoms with Crippen LogP contribution in [0.25, 0.3) is 16.6 Å². The highest BCUT2D eigenvalue weighted by atomic mass is 35.5. The number of likely N-dealkylation sites (N-methyl/N-ethyl adjacent to an activating group) is 1. The minimum atomic E-state index is -0.459. The van der Waals surface area contributed by atoms with Crippen molar-refractivity contribution >= 4 is 34.0 Å². The molecule has 0 unspecified atom stereocenters. The van der Waals surface area contributed by atoms with Crippen LogP contribution in [0.5, 0.6) is 5.75 Å². The van der Waals surface area contributed by atoms with E-state index in [9.17, 15) is 10.1 Å². The molecule has 0 saturated heterocycles. The van der Waals surface area contributed by atoms with Gasteiger partial charge >= 0.3 is 0 Å². The number of halogens is 1. The molecule has 1 N–H and O–H groups in total. The van der Waals surface area contributed by atoms with Crippen LogP contribution in [0, 0.1) is 10.1 Å². The Morgan fingerprint density at radius 3 is 2.81 bits per heavy atom. The second-order valence-corrected chi connectivity index (χ2v) is 6.52. The van der Waals surface area contributed by atoms with Crippen LogP contribution in [0.4, 0.5) is 11.5 Å². The molecule has 27 heavy (non-hydrogen) atoms. The number of non-ortho nitro benzene ring substituents is 1. The van der Waals surface area contributed by atoms with Gasteiger partial charge in [-0.05, 0) is 20.2 Å². The molecule has 0 amide bonds. The molecule has 3 rings (SSSR count). The van der Waals surface area contributed by atoms with E-state index in [1.807, 2.05) is 19.0 Å². The number of nitrogens with zero attached hydrogens (tertiary/aromatic N) is 5. The van der Waals surface area contributed by atoms with Crippen molar-refractivity contribution in [3.8, 4) is 11.4 Å². The Bertz CT molecular complexity index is 988. The third kappa shape index (κ3) is 3.93. The summed E-state index contributed by atoms with van der Waals surface area (Å²) in [5, 5.41) is 20.1. The molecule has 3 aromatic rings. The highest BCUT2D eigenvalue weighted by molar-refractivity contribution is 6.30. The van der Waals surface area contributed by atoms with Crippen molar-refractivity contribution in [3.05, 3.63) is 45.7 Å². The first-order valence-electron chi connectivity index (χ1n) is 8.16. The molecule has 9 nitrogen and oxygen atoms in total. The minimum Gasteiger partial charge on any atom is -0.494 e. The van der Waals surface area contributed by atoms with Crippen LogP contribution in [0.3, 0.4) is 0 Å². The maximum absolute atomic E-state index is 11.2. The molecule has 10 heteroatoms. The van der Waals surface area contributed by atoms with Crippen LogP contribution in [-0.2, 0) is 0 Å². The molecule has 142 valence electrons. The normalized spacial score (nSPS) is 11.1. The second kappa shape index (κ2) is 7.77. The Kier molecular flexibility index (Phi) is 5.43. The molecule has 0 saturated carbocycles. The van der Waals surface area contributed by atoms with Crippen LogP contribution in [-0.4, -0.2) is 58.9 Å². The maximum Gasteiger partial charge on any atom is 0.271 e. The number of aromatic nitrogens is 3. The summed E-state index contributed by atoms with van der Waals surface area (Å²) in [5.41, 5.74) is 1.05. The van der Waals surface area contributed by atoms with Gasteiger partial charge in [0.15, 0.2) is 5.82 Å². The quantitative estimate of drug-likeness (QED) is 0.376. The van der Waals surface area contributed by atoms with Gasteiger partial charge in [0.2, 0.25) is 0 Å². The zero-order chi connectivity index (χ0) is 19.6. The zero-order valence-corrected chi connectivity index (χ0v) is 15.9. The zero-order valence-electron chi connectivity index (χ0n) is 15.1. The van der Waals surface area contributed by atoms with E-state index in [1.165, 1.54) is 19.2 Å². The lowest BCUT2D eigenvalue weighted by molar-refractivity contribution is -0.384. The summed E-state index contributed by atoms with van der Waals surface area (Å²) in [6.07, 6.45) is 1.63. The molecule has 0 fully saturated rings. The smallest absolute Gasteiger partial charge is 0.271 e. The summed E-state index contributed by atoms with van der Waals surface area (Å²) in [5.74, 6) is 1.07. The third-order valence-electron chi connectivity index (χ3n) is 3.98. The van der Waals surface area contributed by atoms with E-state index < -0.39 is 4.92 Å². The molecule has 0 atom stereocenters. The predicted octanol–water partition coefficient (Wildman–Crippen LogP) is 2.96. The minimum absolute atomic E-state index is 0.0586. The molecule has 0 spiro atoms. The number of nitro groups is 1. The Hall–Kier alpha value is -2.91. The van der Waals surface area contributed by atoms with Crippen LogP contribution < -0.4 is 10.1 Å². The molecule has 0 aliphatic rings. The molecule has 1 aromatic carbocycles. The number of fused-ring (bicyclic) bond motifs is 1. The number of anilines is 1. The van der Waals surface area contributed by atoms with Gasteiger partial charge in [-0.3, -0.25) is 10.1 Å². The topological polar surface area (TPSA) is 98.3 Å². The Balaban J connectivity index is 2.15. The molecule has 0 aliphatic carbocycles. The highest BCUT2D eigenvalue weighted by Gasteiger charge is 2.19. The number of rotatable bonds is 7. The van der Waals surface area contributed by atoms with Crippen LogP contribution in [0.2, 0.25) is 5.15 Å². The van der Waals surface area contributed by atoms with Gasteiger partial charge in [-0.25, -0.2) is 9.67 Å². The monoisotopic (exact) mass is 390 g/mol. The molecular weight excluding hydrogens is 372 g/mol. The number of nitrogens with one attached hydrogen (secondary N) is 1. The second-order valence-electron chi connectivity index (χ2n) is 6.13. The van der Waals surface area contributed by atoms with Crippen molar-refractivity contribution in [2.24, 2.45) is 0 Å². The van der Waals surface area contributed by atoms with Crippen molar-refractivity contribution in [1.29, 1.82) is 0 Å². The van der Waals surface area contributed by atoms with Crippen molar-refractivity contribution < 1.29 is 9.66 Å². The predicted molar refractivity (Wildman–Crippen MR) is 104 cm³/mol. The lowest BCUT2D eigenvalue weighted by Crippen LogP contribution is -2.21. The molecule has 0 aliphatic heterocycles. The molecule has 0 bridgehead atoms. The number of hydrogen-bond donors (Lipinski definition) is 1. The van der Waals surface area contributed by atoms with E-state index in [0.29, 0.717) is 34.5 Å². The van der Waals surface area contributed by atoms with Crippen molar-refractivity contribution in [2.75, 3.05) is 39.6 Å². The number of nitro benzene ring substituents is 1. The highest BCUT2D eigenvalue weighted by Crippen LogP contribution is 2.33. The maximum atomic E-state index is 11.2. The first-order valence-corrected chi connectivity index (χ1v) is 8.54. The molecular formula is C17H19ClN6O3. The van der Waals surface area contributed by atoms with E-state index in [1.54, 1.807) is 23.0 Å². The summed E-state index contributed by atoms with van der Waals surface area (Å²) in [4.78, 5) is 16.9. The van der Waals surface area contributed by atoms with E-state index in [-0.39, 0.29) is 5.69 Å². The molecule has 2 aromatic heterocycles. The number of methoxy groups -OCH3 is 1. The fourth-order valence-corrected chi connectivity index (χ4v) is 2.81. The van der Waals surface area contributed by atoms with Crippen LogP contribution >= 0.6 is 11.6 Å². The summed E-state index contributed by atoms with van der Waals surface area (Å²) in [7, 11) is 5.46. The number of pyridine rings is 1. The van der Waals surface area contributed by atoms with Gasteiger partial charge in [-0.1, -0.05) is 11.6 Å². The summed E-state index contributed by atoms with van der Waals surface area (Å²) >= 11 is 6.07. The van der Waals surface area contributed by atoms with Gasteiger partial charge in [0.05, 0.1) is 22.9 Å². The van der Waals surface area contributed by atoms with Gasteiger partial charge in [-0.2, -0.15) is 0 Å². The number of ether oxygens (including phenoxy) is 1. The summed E-state index contributed by atoms with van der Waals surface area (Å²) in [6.45, 7) is 1.49. The fourth-order valence-electron chi connectivity index (χ4n) is 2.66. The summed E-state index contributed by atoms with van der Waals surface area (Å²) < 4.78 is 6.95. The first kappa shape index (κ1) is 18.9. The largest absolute Gasteiger partial charge is 0.494 e. The summed E-state index contributed by atoms with van der Waals surface area (Å²) in [6, 6.07) is 6.02. The average Bonchev–Trinajstić information content (AvgIpc) is 2.98. The van der Waals surface area contributed by atoms with Gasteiger partial charge in [0, 0.05) is 37.5 Å². The van der Waals surface area contributed by atoms with E-state index in [4.69, 9.17) is 16.3 Å². The van der Waals surface area contributed by atoms with Gasteiger partial charge in [0.1, 0.15) is 16.6 Å². The van der Waals surface area contributed by atoms with Gasteiger partial charge in [-0.15, -0.1) is 5.10 Å². The first-order chi connectivity index (χ1) is 12.9. The van der Waals surface area contributed by atoms with E-state index >= 15 is 0 Å². The SMILES string of the molecule is COc1ccc([N+](=O)[O-])cc1-n1nc(NCCN(C)C)c2cnc(Cl)cc21. The lowest BCUT2D eigenvalue weighted by Gasteiger charge is -2.10. The van der Waals surface area contributed by atoms with Crippen LogP contribution in [0.15, 0.2) is 30.5 Å². The average molecular weight is 391 g/mol. The number of benzene rings is 1. The van der Waals surface area contributed by atoms with E-state index in [2.05, 4.69) is 15.4 Å². The molecule has 2 heterocycles. The standard InChI is InChI=1S/C17H19ClN6O3/c1-22(2)7-6-19-17-12-10-20-16(18)9-13(12)23(21-17)14-8-11(24(25)26)4-5-15(14)27-3/h4-5,8-10H,6-7H2,1-3H3,(H,19,21). The van der Waals surface area contributed by atoms with Crippen molar-refractivity contribution in [2.45, 2.75) is 0 Å². The third-order valence-corrected chi connectivity index (χ3v) is 4.19. The Morgan fingerprint density at radius 1 is 1.37 bits per heavy atom. The Labute approximate surface area is 160 Å². The number of hydrogen-bond acceptors (Lipinski definition) is 7. The van der Waals surface area contributed by atoms with Crippen LogP contribution in [0.1, 0.15) is 0 Å².